The molecule has 3 fully saturated rings. The molecule has 1 aromatic carbocycles. The number of hydrogen-bond donors (Lipinski definition) is 2. The van der Waals surface area contributed by atoms with Crippen LogP contribution in [0.1, 0.15) is 51.0 Å². The average molecular weight is 298 g/mol. The van der Waals surface area contributed by atoms with Crippen LogP contribution >= 0.6 is 0 Å². The highest BCUT2D eigenvalue weighted by atomic mass is 16.3. The highest BCUT2D eigenvalue weighted by Gasteiger charge is 2.66. The summed E-state index contributed by atoms with van der Waals surface area (Å²) in [6, 6.07) is 7.35. The summed E-state index contributed by atoms with van der Waals surface area (Å²) in [5.74, 6) is 0.442. The van der Waals surface area contributed by atoms with E-state index in [0.717, 1.165) is 5.69 Å². The number of benzene rings is 1. The van der Waals surface area contributed by atoms with E-state index >= 15 is 0 Å². The minimum Gasteiger partial charge on any atom is -0.506 e. The van der Waals surface area contributed by atoms with Crippen molar-refractivity contribution in [1.82, 2.24) is 4.90 Å². The average Bonchev–Trinajstić information content (AvgIpc) is 3.10. The third-order valence-electron chi connectivity index (χ3n) is 7.49. The lowest BCUT2D eigenvalue weighted by Gasteiger charge is -2.58. The molecule has 3 aliphatic heterocycles. The Morgan fingerprint density at radius 1 is 1.27 bits per heavy atom. The van der Waals surface area contributed by atoms with E-state index in [0.29, 0.717) is 23.2 Å². The van der Waals surface area contributed by atoms with Gasteiger partial charge in [0.1, 0.15) is 5.75 Å². The van der Waals surface area contributed by atoms with Crippen LogP contribution < -0.4 is 5.32 Å². The fraction of sp³-hybridized carbons (Fsp3) is 0.684. The Morgan fingerprint density at radius 3 is 3.05 bits per heavy atom. The second-order valence-corrected chi connectivity index (χ2v) is 7.98. The molecule has 22 heavy (non-hydrogen) atoms. The third kappa shape index (κ3) is 1.33. The number of nitrogens with zero attached hydrogens (tertiary/aromatic N) is 1. The van der Waals surface area contributed by atoms with Gasteiger partial charge in [0.2, 0.25) is 0 Å². The summed E-state index contributed by atoms with van der Waals surface area (Å²) in [6.07, 6.45) is 7.92. The summed E-state index contributed by atoms with van der Waals surface area (Å²) < 4.78 is 0. The molecular weight excluding hydrogens is 272 g/mol. The number of rotatable bonds is 1. The normalized spacial score (nSPS) is 42.4. The van der Waals surface area contributed by atoms with Crippen LogP contribution in [-0.4, -0.2) is 35.2 Å². The van der Waals surface area contributed by atoms with E-state index < -0.39 is 0 Å². The SMILES string of the molecule is CC[C@@]12CCCN3CC[C@@]4(c5cccc(O)c5N[C@@H]4CC1)[C@@H]32. The molecule has 0 amide bonds. The largest absolute Gasteiger partial charge is 0.506 e. The van der Waals surface area contributed by atoms with Gasteiger partial charge in [-0.2, -0.15) is 0 Å². The van der Waals surface area contributed by atoms with Crippen molar-refractivity contribution in [2.75, 3.05) is 18.4 Å². The summed E-state index contributed by atoms with van der Waals surface area (Å²) >= 11 is 0. The first-order chi connectivity index (χ1) is 10.7. The van der Waals surface area contributed by atoms with E-state index in [1.165, 1.54) is 57.2 Å². The number of piperidine rings is 1. The van der Waals surface area contributed by atoms with Gasteiger partial charge < -0.3 is 10.4 Å². The van der Waals surface area contributed by atoms with Crippen LogP contribution in [0.25, 0.3) is 0 Å². The molecule has 3 heteroatoms. The van der Waals surface area contributed by atoms with Crippen molar-refractivity contribution in [1.29, 1.82) is 0 Å². The number of fused-ring (bicyclic) bond motifs is 1. The van der Waals surface area contributed by atoms with E-state index in [9.17, 15) is 5.11 Å². The van der Waals surface area contributed by atoms with Gasteiger partial charge in [-0.05, 0) is 68.7 Å². The Balaban J connectivity index is 1.73. The highest BCUT2D eigenvalue weighted by molar-refractivity contribution is 5.71. The number of aromatic hydroxyl groups is 1. The molecular formula is C19H26N2O. The zero-order valence-corrected chi connectivity index (χ0v) is 13.4. The van der Waals surface area contributed by atoms with Gasteiger partial charge in [-0.3, -0.25) is 4.90 Å². The Labute approximate surface area is 132 Å². The summed E-state index contributed by atoms with van der Waals surface area (Å²) in [6.45, 7) is 4.91. The number of para-hydroxylation sites is 1. The van der Waals surface area contributed by atoms with Crippen molar-refractivity contribution in [2.24, 2.45) is 5.41 Å². The van der Waals surface area contributed by atoms with Gasteiger partial charge in [-0.1, -0.05) is 19.1 Å². The maximum atomic E-state index is 10.3. The van der Waals surface area contributed by atoms with E-state index in [1.807, 2.05) is 12.1 Å². The van der Waals surface area contributed by atoms with Crippen LogP contribution in [0, 0.1) is 5.41 Å². The van der Waals surface area contributed by atoms with Crippen molar-refractivity contribution in [3.05, 3.63) is 23.8 Å². The molecule has 2 saturated heterocycles. The molecule has 0 unspecified atom stereocenters. The lowest BCUT2D eigenvalue weighted by molar-refractivity contribution is -0.0309. The van der Waals surface area contributed by atoms with Gasteiger partial charge in [-0.15, -0.1) is 0 Å². The number of nitrogens with one attached hydrogen (secondary N) is 1. The van der Waals surface area contributed by atoms with E-state index in [-0.39, 0.29) is 5.41 Å². The van der Waals surface area contributed by atoms with Crippen LogP contribution in [0.4, 0.5) is 5.69 Å². The standard InChI is InChI=1S/C19H26N2O/c1-2-18-8-4-11-21-12-10-19(17(18)21)13-5-3-6-14(22)16(13)20-15(19)7-9-18/h3,5-6,15,17,20,22H,2,4,7-12H2,1H3/t15-,17+,18-,19+/m1/s1. The zero-order chi connectivity index (χ0) is 14.9. The van der Waals surface area contributed by atoms with Gasteiger partial charge in [0, 0.05) is 17.5 Å². The molecule has 1 spiro atoms. The number of phenols is 1. The third-order valence-corrected chi connectivity index (χ3v) is 7.49. The summed E-state index contributed by atoms with van der Waals surface area (Å²) in [5.41, 5.74) is 3.18. The molecule has 0 bridgehead atoms. The van der Waals surface area contributed by atoms with Crippen molar-refractivity contribution >= 4 is 5.69 Å². The second-order valence-electron chi connectivity index (χ2n) is 7.98. The first kappa shape index (κ1) is 13.2. The van der Waals surface area contributed by atoms with Crippen LogP contribution in [0.3, 0.4) is 0 Å². The maximum Gasteiger partial charge on any atom is 0.138 e. The highest BCUT2D eigenvalue weighted by Crippen LogP contribution is 2.64. The van der Waals surface area contributed by atoms with Gasteiger partial charge in [0.05, 0.1) is 5.69 Å². The summed E-state index contributed by atoms with van der Waals surface area (Å²) in [4.78, 5) is 2.79. The van der Waals surface area contributed by atoms with Crippen LogP contribution in [0.2, 0.25) is 0 Å². The van der Waals surface area contributed by atoms with Crippen LogP contribution in [-0.2, 0) is 5.41 Å². The molecule has 1 saturated carbocycles. The topological polar surface area (TPSA) is 35.5 Å². The minimum atomic E-state index is 0.239. The molecule has 1 aliphatic carbocycles. The van der Waals surface area contributed by atoms with E-state index in [2.05, 4.69) is 23.2 Å². The molecule has 4 aliphatic rings. The number of phenolic OH excluding ortho intramolecular Hbond substituents is 1. The lowest BCUT2D eigenvalue weighted by atomic mass is 9.52. The molecule has 4 atom stereocenters. The zero-order valence-electron chi connectivity index (χ0n) is 13.4. The van der Waals surface area contributed by atoms with Gasteiger partial charge in [0.25, 0.3) is 0 Å². The molecule has 2 N–H and O–H groups in total. The van der Waals surface area contributed by atoms with Crippen molar-refractivity contribution in [3.63, 3.8) is 0 Å². The fourth-order valence-electron chi connectivity index (χ4n) is 6.65. The van der Waals surface area contributed by atoms with Gasteiger partial charge >= 0.3 is 0 Å². The molecule has 3 nitrogen and oxygen atoms in total. The monoisotopic (exact) mass is 298 g/mol. The Kier molecular flexibility index (Phi) is 2.52. The Hall–Kier alpha value is -1.22. The predicted octanol–water partition coefficient (Wildman–Crippen LogP) is 3.48. The molecule has 0 radical (unpaired) electrons. The van der Waals surface area contributed by atoms with E-state index in [4.69, 9.17) is 0 Å². The lowest BCUT2D eigenvalue weighted by Crippen LogP contribution is -2.63. The summed E-state index contributed by atoms with van der Waals surface area (Å²) in [5, 5.41) is 14.1. The minimum absolute atomic E-state index is 0.239. The van der Waals surface area contributed by atoms with Gasteiger partial charge in [-0.25, -0.2) is 0 Å². The van der Waals surface area contributed by atoms with Crippen molar-refractivity contribution in [3.8, 4) is 5.75 Å². The molecule has 1 aromatic rings. The maximum absolute atomic E-state index is 10.3. The second kappa shape index (κ2) is 4.19. The predicted molar refractivity (Wildman–Crippen MR) is 88.4 cm³/mol. The summed E-state index contributed by atoms with van der Waals surface area (Å²) in [7, 11) is 0. The first-order valence-corrected chi connectivity index (χ1v) is 9.04. The fourth-order valence-corrected chi connectivity index (χ4v) is 6.65. The Bertz CT molecular complexity index is 630. The smallest absolute Gasteiger partial charge is 0.138 e. The van der Waals surface area contributed by atoms with E-state index in [1.54, 1.807) is 0 Å². The van der Waals surface area contributed by atoms with Crippen molar-refractivity contribution in [2.45, 2.75) is 62.9 Å². The quantitative estimate of drug-likeness (QED) is 0.779. The van der Waals surface area contributed by atoms with Crippen molar-refractivity contribution < 1.29 is 5.11 Å². The molecule has 0 aromatic heterocycles. The number of anilines is 1. The number of hydrogen-bond acceptors (Lipinski definition) is 3. The van der Waals surface area contributed by atoms with Crippen LogP contribution in [0.15, 0.2) is 18.2 Å². The molecule has 3 heterocycles. The first-order valence-electron chi connectivity index (χ1n) is 9.04. The van der Waals surface area contributed by atoms with Crippen LogP contribution in [0.5, 0.6) is 5.75 Å². The van der Waals surface area contributed by atoms with Gasteiger partial charge in [0.15, 0.2) is 0 Å². The Morgan fingerprint density at radius 2 is 2.18 bits per heavy atom. The molecule has 5 rings (SSSR count). The molecule has 118 valence electrons.